The Bertz CT molecular complexity index is 904. The summed E-state index contributed by atoms with van der Waals surface area (Å²) in [4.78, 5) is 23.3. The Morgan fingerprint density at radius 2 is 1.82 bits per heavy atom. The van der Waals surface area contributed by atoms with E-state index in [9.17, 15) is 18.0 Å². The van der Waals surface area contributed by atoms with E-state index in [0.29, 0.717) is 5.76 Å². The van der Waals surface area contributed by atoms with Crippen molar-refractivity contribution in [2.75, 3.05) is 13.1 Å². The molecule has 150 valence electrons. The fourth-order valence-corrected chi connectivity index (χ4v) is 2.95. The number of aryl methyl sites for hydroxylation is 1. The van der Waals surface area contributed by atoms with Gasteiger partial charge in [-0.25, -0.2) is 13.1 Å². The second-order valence-corrected chi connectivity index (χ2v) is 7.69. The topological polar surface area (TPSA) is 118 Å². The van der Waals surface area contributed by atoms with Crippen LogP contribution in [0.1, 0.15) is 23.3 Å². The summed E-state index contributed by atoms with van der Waals surface area (Å²) in [6, 6.07) is 10.8. The maximum Gasteiger partial charge on any atom is 0.239 e. The van der Waals surface area contributed by atoms with Crippen molar-refractivity contribution in [3.05, 3.63) is 65.0 Å². The van der Waals surface area contributed by atoms with Crippen LogP contribution in [0.4, 0.5) is 0 Å². The molecule has 0 fully saturated rings. The number of carbonyl (C=O) groups excluding carboxylic acids is 2. The van der Waals surface area contributed by atoms with Crippen molar-refractivity contribution in [1.29, 1.82) is 0 Å². The van der Waals surface area contributed by atoms with Gasteiger partial charge in [-0.15, -0.1) is 0 Å². The summed E-state index contributed by atoms with van der Waals surface area (Å²) in [6.07, 6.45) is 2.90. The molecule has 0 saturated carbocycles. The maximum absolute atomic E-state index is 11.9. The molecule has 2 aromatic rings. The molecule has 0 bridgehead atoms. The lowest BCUT2D eigenvalue weighted by molar-refractivity contribution is -0.126. The lowest BCUT2D eigenvalue weighted by atomic mass is 10.2. The lowest BCUT2D eigenvalue weighted by Gasteiger charge is -2.06. The summed E-state index contributed by atoms with van der Waals surface area (Å²) in [5.41, 5.74) is 1.84. The number of hydrogen-bond acceptors (Lipinski definition) is 5. The van der Waals surface area contributed by atoms with Crippen molar-refractivity contribution in [3.63, 3.8) is 0 Å². The molecule has 2 rings (SSSR count). The van der Waals surface area contributed by atoms with Crippen LogP contribution in [-0.2, 0) is 26.2 Å². The van der Waals surface area contributed by atoms with Gasteiger partial charge in [-0.05, 0) is 30.7 Å². The summed E-state index contributed by atoms with van der Waals surface area (Å²) in [5, 5.41) is 6.07. The van der Waals surface area contributed by atoms with Gasteiger partial charge in [-0.3, -0.25) is 9.59 Å². The molecule has 9 heteroatoms. The minimum absolute atomic E-state index is 0.0690. The second kappa shape index (κ2) is 10.4. The predicted molar refractivity (Wildman–Crippen MR) is 105 cm³/mol. The van der Waals surface area contributed by atoms with Crippen molar-refractivity contribution >= 4 is 27.9 Å². The molecule has 0 aliphatic carbocycles. The first-order valence-electron chi connectivity index (χ1n) is 8.64. The molecule has 1 aromatic heterocycles. The summed E-state index contributed by atoms with van der Waals surface area (Å²) in [5.74, 6) is -0.197. The standard InChI is InChI=1S/C19H23N3O5S/c1-15-4-6-16(7-5-15)9-12-28(25,26)22-10-8-18(23)21-14-19(24)20-13-17-3-2-11-27-17/h2-7,9,11-12,22H,8,10,13-14H2,1H3,(H,20,24)(H,21,23)/b12-9+. The van der Waals surface area contributed by atoms with Crippen molar-refractivity contribution in [1.82, 2.24) is 15.4 Å². The zero-order valence-corrected chi connectivity index (χ0v) is 16.3. The van der Waals surface area contributed by atoms with Gasteiger partial charge in [0.2, 0.25) is 21.8 Å². The molecule has 28 heavy (non-hydrogen) atoms. The van der Waals surface area contributed by atoms with Crippen LogP contribution in [0.2, 0.25) is 0 Å². The molecule has 0 aliphatic heterocycles. The molecule has 8 nitrogen and oxygen atoms in total. The van der Waals surface area contributed by atoms with Gasteiger partial charge in [0.15, 0.2) is 0 Å². The van der Waals surface area contributed by atoms with Crippen LogP contribution in [0.15, 0.2) is 52.5 Å². The number of nitrogens with one attached hydrogen (secondary N) is 3. The smallest absolute Gasteiger partial charge is 0.239 e. The SMILES string of the molecule is Cc1ccc(/C=C/S(=O)(=O)NCCC(=O)NCC(=O)NCc2ccco2)cc1. The monoisotopic (exact) mass is 405 g/mol. The maximum atomic E-state index is 11.9. The number of carbonyl (C=O) groups is 2. The first-order valence-corrected chi connectivity index (χ1v) is 10.2. The first kappa shape index (κ1) is 21.4. The molecule has 0 unspecified atom stereocenters. The third-order valence-corrected chi connectivity index (χ3v) is 4.76. The minimum Gasteiger partial charge on any atom is -0.467 e. The van der Waals surface area contributed by atoms with E-state index >= 15 is 0 Å². The molecule has 0 atom stereocenters. The Labute approximate surface area is 164 Å². The van der Waals surface area contributed by atoms with Crippen LogP contribution in [0.25, 0.3) is 6.08 Å². The van der Waals surface area contributed by atoms with Gasteiger partial charge >= 0.3 is 0 Å². The highest BCUT2D eigenvalue weighted by Gasteiger charge is 2.09. The van der Waals surface area contributed by atoms with Gasteiger partial charge < -0.3 is 15.1 Å². The molecule has 0 saturated heterocycles. The third-order valence-electron chi connectivity index (χ3n) is 3.66. The van der Waals surface area contributed by atoms with Crippen LogP contribution < -0.4 is 15.4 Å². The van der Waals surface area contributed by atoms with Gasteiger partial charge in [0.1, 0.15) is 5.76 Å². The van der Waals surface area contributed by atoms with Crippen LogP contribution in [0.3, 0.4) is 0 Å². The third kappa shape index (κ3) is 8.19. The van der Waals surface area contributed by atoms with Gasteiger partial charge in [-0.2, -0.15) is 0 Å². The number of sulfonamides is 1. The van der Waals surface area contributed by atoms with Gasteiger partial charge in [-0.1, -0.05) is 29.8 Å². The Balaban J connectivity index is 1.64. The van der Waals surface area contributed by atoms with E-state index in [4.69, 9.17) is 4.42 Å². The molecular weight excluding hydrogens is 382 g/mol. The number of amides is 2. The van der Waals surface area contributed by atoms with E-state index in [1.807, 2.05) is 31.2 Å². The molecule has 3 N–H and O–H groups in total. The van der Waals surface area contributed by atoms with Crippen molar-refractivity contribution in [2.24, 2.45) is 0 Å². The Morgan fingerprint density at radius 1 is 1.07 bits per heavy atom. The average Bonchev–Trinajstić information content (AvgIpc) is 3.18. The molecule has 0 spiro atoms. The van der Waals surface area contributed by atoms with Crippen molar-refractivity contribution < 1.29 is 22.4 Å². The van der Waals surface area contributed by atoms with E-state index in [2.05, 4.69) is 15.4 Å². The van der Waals surface area contributed by atoms with Crippen LogP contribution in [-0.4, -0.2) is 33.3 Å². The second-order valence-electron chi connectivity index (χ2n) is 6.04. The normalized spacial score (nSPS) is 11.5. The van der Waals surface area contributed by atoms with E-state index in [1.165, 1.54) is 12.3 Å². The molecule has 0 radical (unpaired) electrons. The molecule has 1 aromatic carbocycles. The zero-order valence-electron chi connectivity index (χ0n) is 15.5. The van der Waals surface area contributed by atoms with E-state index in [0.717, 1.165) is 16.5 Å². The van der Waals surface area contributed by atoms with Gasteiger partial charge in [0, 0.05) is 18.4 Å². The molecular formula is C19H23N3O5S. The highest BCUT2D eigenvalue weighted by Crippen LogP contribution is 2.06. The van der Waals surface area contributed by atoms with E-state index in [-0.39, 0.29) is 32.0 Å². The Kier molecular flexibility index (Phi) is 7.97. The largest absolute Gasteiger partial charge is 0.467 e. The van der Waals surface area contributed by atoms with Crippen LogP contribution in [0, 0.1) is 6.92 Å². The lowest BCUT2D eigenvalue weighted by Crippen LogP contribution is -2.37. The number of hydrogen-bond donors (Lipinski definition) is 3. The van der Waals surface area contributed by atoms with E-state index in [1.54, 1.807) is 12.1 Å². The number of rotatable bonds is 10. The fourth-order valence-electron chi connectivity index (χ4n) is 2.13. The van der Waals surface area contributed by atoms with Gasteiger partial charge in [0.05, 0.1) is 19.4 Å². The highest BCUT2D eigenvalue weighted by molar-refractivity contribution is 7.92. The van der Waals surface area contributed by atoms with Crippen LogP contribution in [0.5, 0.6) is 0 Å². The van der Waals surface area contributed by atoms with E-state index < -0.39 is 15.9 Å². The molecule has 1 heterocycles. The summed E-state index contributed by atoms with van der Waals surface area (Å²) < 4.78 is 31.2. The fraction of sp³-hybridized carbons (Fsp3) is 0.263. The molecule has 2 amide bonds. The van der Waals surface area contributed by atoms with Crippen LogP contribution >= 0.6 is 0 Å². The van der Waals surface area contributed by atoms with Gasteiger partial charge in [0.25, 0.3) is 0 Å². The number of benzene rings is 1. The Hall–Kier alpha value is -2.91. The molecule has 0 aliphatic rings. The minimum atomic E-state index is -3.65. The first-order chi connectivity index (χ1) is 13.3. The summed E-state index contributed by atoms with van der Waals surface area (Å²) in [6.45, 7) is 1.91. The summed E-state index contributed by atoms with van der Waals surface area (Å²) in [7, 11) is -3.65. The van der Waals surface area contributed by atoms with Crippen molar-refractivity contribution in [3.8, 4) is 0 Å². The Morgan fingerprint density at radius 3 is 2.50 bits per heavy atom. The number of furan rings is 1. The quantitative estimate of drug-likeness (QED) is 0.551. The van der Waals surface area contributed by atoms with Crippen molar-refractivity contribution in [2.45, 2.75) is 19.9 Å². The zero-order chi connectivity index (χ0) is 20.4. The average molecular weight is 405 g/mol. The summed E-state index contributed by atoms with van der Waals surface area (Å²) >= 11 is 0. The highest BCUT2D eigenvalue weighted by atomic mass is 32.2. The predicted octanol–water partition coefficient (Wildman–Crippen LogP) is 1.30.